The summed E-state index contributed by atoms with van der Waals surface area (Å²) in [4.78, 5) is 6.26. The zero-order valence-electron chi connectivity index (χ0n) is 10.1. The number of nitrogens with zero attached hydrogens (tertiary/aromatic N) is 3. The fraction of sp³-hybridized carbons (Fsp3) is 0.636. The van der Waals surface area contributed by atoms with E-state index in [0.29, 0.717) is 0 Å². The SMILES string of the molecule is CC.Cc1ncsc1C(C#N)N1CC(F)(F)C1. The van der Waals surface area contributed by atoms with Crippen molar-refractivity contribution in [3.8, 4) is 6.07 Å². The summed E-state index contributed by atoms with van der Waals surface area (Å²) in [5.74, 6) is -2.63. The first-order valence-electron chi connectivity index (χ1n) is 5.45. The lowest BCUT2D eigenvalue weighted by Crippen LogP contribution is -2.56. The van der Waals surface area contributed by atoms with Crippen molar-refractivity contribution in [2.45, 2.75) is 32.7 Å². The summed E-state index contributed by atoms with van der Waals surface area (Å²) < 4.78 is 25.3. The second kappa shape index (κ2) is 5.52. The van der Waals surface area contributed by atoms with Crippen LogP contribution >= 0.6 is 11.3 Å². The first-order chi connectivity index (χ1) is 8.03. The van der Waals surface area contributed by atoms with Crippen LogP contribution in [0.4, 0.5) is 8.78 Å². The third-order valence-electron chi connectivity index (χ3n) is 2.39. The molecule has 2 heterocycles. The lowest BCUT2D eigenvalue weighted by atomic mass is 10.1. The van der Waals surface area contributed by atoms with Gasteiger partial charge in [0, 0.05) is 0 Å². The number of alkyl halides is 2. The molecule has 17 heavy (non-hydrogen) atoms. The van der Waals surface area contributed by atoms with Crippen molar-refractivity contribution in [3.05, 3.63) is 16.1 Å². The summed E-state index contributed by atoms with van der Waals surface area (Å²) in [6, 6.07) is 1.48. The van der Waals surface area contributed by atoms with Crippen molar-refractivity contribution in [1.82, 2.24) is 9.88 Å². The third-order valence-corrected chi connectivity index (χ3v) is 3.37. The van der Waals surface area contributed by atoms with E-state index in [1.54, 1.807) is 12.4 Å². The van der Waals surface area contributed by atoms with Crippen molar-refractivity contribution in [1.29, 1.82) is 5.26 Å². The van der Waals surface area contributed by atoms with Gasteiger partial charge in [-0.15, -0.1) is 11.3 Å². The Morgan fingerprint density at radius 2 is 2.12 bits per heavy atom. The van der Waals surface area contributed by atoms with Crippen LogP contribution in [0.1, 0.15) is 30.5 Å². The predicted molar refractivity (Wildman–Crippen MR) is 63.1 cm³/mol. The lowest BCUT2D eigenvalue weighted by molar-refractivity contribution is -0.139. The maximum absolute atomic E-state index is 12.7. The molecule has 0 spiro atoms. The largest absolute Gasteiger partial charge is 0.273 e. The standard InChI is InChI=1S/C9H9F2N3S.C2H6/c1-6-8(15-5-13-6)7(2-12)14-3-9(10,11)4-14;1-2/h5,7H,3-4H2,1H3;1-2H3. The van der Waals surface area contributed by atoms with Gasteiger partial charge >= 0.3 is 0 Å². The molecule has 1 aliphatic rings. The van der Waals surface area contributed by atoms with Crippen LogP contribution in [0.2, 0.25) is 0 Å². The highest BCUT2D eigenvalue weighted by atomic mass is 32.1. The predicted octanol–water partition coefficient (Wildman–Crippen LogP) is 2.99. The minimum absolute atomic E-state index is 0.331. The van der Waals surface area contributed by atoms with Crippen molar-refractivity contribution < 1.29 is 8.78 Å². The van der Waals surface area contributed by atoms with Crippen LogP contribution in [0.5, 0.6) is 0 Å². The monoisotopic (exact) mass is 259 g/mol. The Morgan fingerprint density at radius 1 is 1.53 bits per heavy atom. The Kier molecular flexibility index (Phi) is 4.54. The fourth-order valence-corrected chi connectivity index (χ4v) is 2.49. The van der Waals surface area contributed by atoms with Gasteiger partial charge in [-0.25, -0.2) is 13.8 Å². The van der Waals surface area contributed by atoms with Gasteiger partial charge in [-0.3, -0.25) is 4.90 Å². The molecule has 3 nitrogen and oxygen atoms in total. The second-order valence-electron chi connectivity index (χ2n) is 3.59. The van der Waals surface area contributed by atoms with Gasteiger partial charge in [0.15, 0.2) is 0 Å². The van der Waals surface area contributed by atoms with Crippen LogP contribution < -0.4 is 0 Å². The van der Waals surface area contributed by atoms with Crippen LogP contribution in [-0.2, 0) is 0 Å². The van der Waals surface area contributed by atoms with Gasteiger partial charge in [-0.05, 0) is 6.92 Å². The molecule has 1 aliphatic heterocycles. The van der Waals surface area contributed by atoms with E-state index in [4.69, 9.17) is 5.26 Å². The number of nitriles is 1. The summed E-state index contributed by atoms with van der Waals surface area (Å²) in [5.41, 5.74) is 2.38. The van der Waals surface area contributed by atoms with E-state index in [0.717, 1.165) is 10.6 Å². The number of hydrogen-bond acceptors (Lipinski definition) is 4. The third kappa shape index (κ3) is 2.99. The fourth-order valence-electron chi connectivity index (χ4n) is 1.61. The van der Waals surface area contributed by atoms with Crippen LogP contribution in [-0.4, -0.2) is 28.9 Å². The molecule has 1 fully saturated rings. The number of aromatic nitrogens is 1. The molecule has 0 amide bonds. The second-order valence-corrected chi connectivity index (χ2v) is 4.48. The Labute approximate surface area is 104 Å². The van der Waals surface area contributed by atoms with E-state index >= 15 is 0 Å². The molecule has 0 N–H and O–H groups in total. The molecule has 1 unspecified atom stereocenters. The quantitative estimate of drug-likeness (QED) is 0.819. The maximum atomic E-state index is 12.7. The Balaban J connectivity index is 0.000000686. The van der Waals surface area contributed by atoms with Gasteiger partial charge < -0.3 is 0 Å². The molecule has 1 aromatic rings. The van der Waals surface area contributed by atoms with E-state index in [1.165, 1.54) is 16.2 Å². The Hall–Kier alpha value is -1.06. The van der Waals surface area contributed by atoms with Gasteiger partial charge in [0.05, 0.1) is 35.2 Å². The van der Waals surface area contributed by atoms with Crippen LogP contribution in [0, 0.1) is 18.3 Å². The molecule has 0 aromatic carbocycles. The number of likely N-dealkylation sites (tertiary alicyclic amines) is 1. The van der Waals surface area contributed by atoms with Gasteiger partial charge in [-0.1, -0.05) is 13.8 Å². The van der Waals surface area contributed by atoms with Gasteiger partial charge in [0.25, 0.3) is 5.92 Å². The van der Waals surface area contributed by atoms with Crippen molar-refractivity contribution >= 4 is 11.3 Å². The molecular weight excluding hydrogens is 244 g/mol. The highest BCUT2D eigenvalue weighted by Crippen LogP contribution is 2.36. The van der Waals surface area contributed by atoms with E-state index in [-0.39, 0.29) is 13.1 Å². The number of rotatable bonds is 2. The molecule has 0 bridgehead atoms. The molecule has 2 rings (SSSR count). The minimum atomic E-state index is -2.63. The molecular formula is C11H15F2N3S. The highest BCUT2D eigenvalue weighted by Gasteiger charge is 2.47. The lowest BCUT2D eigenvalue weighted by Gasteiger charge is -2.40. The van der Waals surface area contributed by atoms with Crippen molar-refractivity contribution in [2.24, 2.45) is 0 Å². The maximum Gasteiger partial charge on any atom is 0.273 e. The van der Waals surface area contributed by atoms with Gasteiger partial charge in [0.1, 0.15) is 6.04 Å². The first-order valence-corrected chi connectivity index (χ1v) is 6.33. The number of aryl methyl sites for hydroxylation is 1. The summed E-state index contributed by atoms with van der Waals surface area (Å²) in [5, 5.41) is 8.97. The van der Waals surface area contributed by atoms with Crippen molar-refractivity contribution in [2.75, 3.05) is 13.1 Å². The molecule has 0 radical (unpaired) electrons. The summed E-state index contributed by atoms with van der Waals surface area (Å²) in [6.07, 6.45) is 0. The zero-order valence-corrected chi connectivity index (χ0v) is 10.9. The molecule has 94 valence electrons. The van der Waals surface area contributed by atoms with Gasteiger partial charge in [-0.2, -0.15) is 5.26 Å². The molecule has 1 aromatic heterocycles. The average molecular weight is 259 g/mol. The minimum Gasteiger partial charge on any atom is -0.271 e. The molecule has 1 saturated heterocycles. The van der Waals surface area contributed by atoms with E-state index in [9.17, 15) is 8.78 Å². The van der Waals surface area contributed by atoms with Crippen LogP contribution in [0.25, 0.3) is 0 Å². The average Bonchev–Trinajstić information content (AvgIpc) is 2.67. The Bertz CT molecular complexity index is 403. The number of hydrogen-bond donors (Lipinski definition) is 0. The van der Waals surface area contributed by atoms with Crippen LogP contribution in [0.3, 0.4) is 0 Å². The number of halogens is 2. The topological polar surface area (TPSA) is 39.9 Å². The van der Waals surface area contributed by atoms with E-state index in [2.05, 4.69) is 4.98 Å². The normalized spacial score (nSPS) is 19.5. The molecule has 1 atom stereocenters. The molecule has 0 aliphatic carbocycles. The molecule has 6 heteroatoms. The molecule has 0 saturated carbocycles. The smallest absolute Gasteiger partial charge is 0.271 e. The Morgan fingerprint density at radius 3 is 2.47 bits per heavy atom. The zero-order chi connectivity index (χ0) is 13.1. The number of thiazole rings is 1. The van der Waals surface area contributed by atoms with Crippen molar-refractivity contribution in [3.63, 3.8) is 0 Å². The van der Waals surface area contributed by atoms with E-state index in [1.807, 2.05) is 19.9 Å². The highest BCUT2D eigenvalue weighted by molar-refractivity contribution is 7.09. The van der Waals surface area contributed by atoms with Crippen LogP contribution in [0.15, 0.2) is 5.51 Å². The van der Waals surface area contributed by atoms with Gasteiger partial charge in [0.2, 0.25) is 0 Å². The summed E-state index contributed by atoms with van der Waals surface area (Å²) in [7, 11) is 0. The summed E-state index contributed by atoms with van der Waals surface area (Å²) >= 11 is 1.34. The first kappa shape index (κ1) is 14.0. The summed E-state index contributed by atoms with van der Waals surface area (Å²) in [6.45, 7) is 5.12. The van der Waals surface area contributed by atoms with E-state index < -0.39 is 12.0 Å².